The first kappa shape index (κ1) is 24.9. The van der Waals surface area contributed by atoms with Crippen LogP contribution in [0, 0.1) is 0 Å². The summed E-state index contributed by atoms with van der Waals surface area (Å²) >= 11 is 0. The van der Waals surface area contributed by atoms with Gasteiger partial charge in [0.15, 0.2) is 27.2 Å². The highest BCUT2D eigenvalue weighted by Gasteiger charge is 2.44. The number of nitrogens with one attached hydrogen (secondary N) is 2. The molecule has 0 radical (unpaired) electrons. The van der Waals surface area contributed by atoms with E-state index in [0.717, 1.165) is 16.6 Å². The average Bonchev–Trinajstić information content (AvgIpc) is 3.25. The van der Waals surface area contributed by atoms with Crippen molar-refractivity contribution in [2.75, 3.05) is 36.3 Å². The zero-order chi connectivity index (χ0) is 26.0. The van der Waals surface area contributed by atoms with Gasteiger partial charge in [0.25, 0.3) is 0 Å². The summed E-state index contributed by atoms with van der Waals surface area (Å²) in [7, 11) is 2.65. The van der Waals surface area contributed by atoms with Crippen LogP contribution < -0.4 is 15.0 Å². The molecule has 1 saturated heterocycles. The first-order valence-corrected chi connectivity index (χ1v) is 14.0. The molecular weight excluding hydrogens is 477 g/mol. The predicted octanol–water partition coefficient (Wildman–Crippen LogP) is -0.792. The second kappa shape index (κ2) is 8.41. The number of hydrogen-bond donors (Lipinski definition) is 2. The molecule has 36 heavy (non-hydrogen) atoms. The number of ether oxygens (including phenoxy) is 2. The Labute approximate surface area is 214 Å². The third kappa shape index (κ3) is 4.13. The van der Waals surface area contributed by atoms with Crippen molar-refractivity contribution >= 4 is 55.9 Å². The van der Waals surface area contributed by atoms with E-state index < -0.39 is 14.6 Å². The largest absolute Gasteiger partial charge is 0.486 e. The Hall–Kier alpha value is -2.73. The number of pyridine rings is 1. The van der Waals surface area contributed by atoms with Crippen molar-refractivity contribution < 1.29 is 17.9 Å². The second-order valence-electron chi connectivity index (χ2n) is 11.3. The second-order valence-corrected chi connectivity index (χ2v) is 13.8. The van der Waals surface area contributed by atoms with E-state index in [1.165, 1.54) is 6.26 Å². The van der Waals surface area contributed by atoms with Crippen LogP contribution in [0.15, 0.2) is 18.5 Å². The van der Waals surface area contributed by atoms with Crippen molar-refractivity contribution in [3.8, 4) is 17.1 Å². The zero-order valence-corrected chi connectivity index (χ0v) is 22.7. The quantitative estimate of drug-likeness (QED) is 0.428. The van der Waals surface area contributed by atoms with E-state index in [2.05, 4.69) is 50.6 Å². The summed E-state index contributed by atoms with van der Waals surface area (Å²) in [5, 5.41) is 4.11. The van der Waals surface area contributed by atoms with Crippen LogP contribution in [0.1, 0.15) is 26.5 Å². The molecule has 188 valence electrons. The molecule has 3 aromatic rings. The minimum Gasteiger partial charge on any atom is -0.486 e. The van der Waals surface area contributed by atoms with Crippen LogP contribution in [0.25, 0.3) is 22.4 Å². The van der Waals surface area contributed by atoms with Crippen LogP contribution in [-0.2, 0) is 19.3 Å². The smallest absolute Gasteiger partial charge is 0.185 e. The molecule has 14 heteroatoms. The van der Waals surface area contributed by atoms with Crippen molar-refractivity contribution in [2.45, 2.75) is 42.8 Å². The van der Waals surface area contributed by atoms with Gasteiger partial charge in [0.1, 0.15) is 46.2 Å². The number of aromatic amines is 1. The zero-order valence-electron chi connectivity index (χ0n) is 21.8. The van der Waals surface area contributed by atoms with E-state index in [1.807, 2.05) is 12.3 Å². The number of anilines is 2. The number of fused-ring (bicyclic) bond motifs is 4. The van der Waals surface area contributed by atoms with Crippen molar-refractivity contribution in [1.29, 1.82) is 0 Å². The molecular formula is C22H31B3N6O4S. The maximum atomic E-state index is 13.0. The van der Waals surface area contributed by atoms with Crippen LogP contribution in [-0.4, -0.2) is 95.3 Å². The van der Waals surface area contributed by atoms with Crippen LogP contribution in [0.2, 0.25) is 0 Å². The lowest BCUT2D eigenvalue weighted by Gasteiger charge is -2.45. The van der Waals surface area contributed by atoms with Crippen molar-refractivity contribution in [3.05, 3.63) is 24.2 Å². The summed E-state index contributed by atoms with van der Waals surface area (Å²) in [6.07, 6.45) is 4.82. The Kier molecular flexibility index (Phi) is 5.83. The van der Waals surface area contributed by atoms with E-state index in [1.54, 1.807) is 20.0 Å². The molecule has 10 nitrogen and oxygen atoms in total. The Morgan fingerprint density at radius 3 is 2.64 bits per heavy atom. The first-order valence-electron chi connectivity index (χ1n) is 12.1. The Bertz CT molecular complexity index is 1440. The standard InChI is InChI=1S/C22H31B3N6O4S/c1-11-8-34-9-12-10-35-16-17(21(2,3)36(4,32)33)28-19(29-20(16)31(11)12)15-13-5-6-26-18(13)27-7-14(15)30-22(23,24)25/h5-7,11-12,30H,8-10,23-25H2,1-4H3,(H,26,27)/t11-,12+/m1/s1. The number of nitrogens with zero attached hydrogens (tertiary/aromatic N) is 4. The van der Waals surface area contributed by atoms with E-state index in [4.69, 9.17) is 19.4 Å². The van der Waals surface area contributed by atoms with Crippen LogP contribution in [0.5, 0.6) is 5.75 Å². The van der Waals surface area contributed by atoms with Gasteiger partial charge in [-0.05, 0) is 32.1 Å². The van der Waals surface area contributed by atoms with Gasteiger partial charge in [-0.2, -0.15) is 0 Å². The molecule has 0 aliphatic carbocycles. The molecule has 0 amide bonds. The van der Waals surface area contributed by atoms with E-state index in [9.17, 15) is 8.42 Å². The highest BCUT2D eigenvalue weighted by Crippen LogP contribution is 2.45. The van der Waals surface area contributed by atoms with Crippen molar-refractivity contribution in [2.24, 2.45) is 0 Å². The molecule has 0 aromatic carbocycles. The first-order chi connectivity index (χ1) is 16.8. The molecule has 2 aliphatic rings. The third-order valence-electron chi connectivity index (χ3n) is 6.87. The lowest BCUT2D eigenvalue weighted by molar-refractivity contribution is 0.0482. The lowest BCUT2D eigenvalue weighted by atomic mass is 9.49. The fraction of sp³-hybridized carbons (Fsp3) is 0.500. The summed E-state index contributed by atoms with van der Waals surface area (Å²) in [6, 6.07) is 1.96. The minimum absolute atomic E-state index is 0.0184. The van der Waals surface area contributed by atoms with Gasteiger partial charge in [-0.15, -0.1) is 0 Å². The number of hydrogen-bond acceptors (Lipinski definition) is 9. The van der Waals surface area contributed by atoms with E-state index in [-0.39, 0.29) is 17.3 Å². The van der Waals surface area contributed by atoms with Gasteiger partial charge in [0.05, 0.1) is 42.7 Å². The number of aromatic nitrogens is 4. The fourth-order valence-corrected chi connectivity index (χ4v) is 5.26. The molecule has 1 fully saturated rings. The Morgan fingerprint density at radius 1 is 1.19 bits per heavy atom. The van der Waals surface area contributed by atoms with Gasteiger partial charge < -0.3 is 24.7 Å². The van der Waals surface area contributed by atoms with Crippen LogP contribution in [0.4, 0.5) is 11.5 Å². The number of rotatable bonds is 5. The van der Waals surface area contributed by atoms with Crippen LogP contribution >= 0.6 is 0 Å². The average molecular weight is 508 g/mol. The molecule has 5 rings (SSSR count). The normalized spacial score (nSPS) is 20.5. The van der Waals surface area contributed by atoms with Gasteiger partial charge >= 0.3 is 0 Å². The summed E-state index contributed by atoms with van der Waals surface area (Å²) < 4.78 is 36.6. The molecule has 0 bridgehead atoms. The van der Waals surface area contributed by atoms with Gasteiger partial charge in [-0.1, -0.05) is 0 Å². The summed E-state index contributed by atoms with van der Waals surface area (Å²) in [4.78, 5) is 19.9. The topological polar surface area (TPSA) is 122 Å². The van der Waals surface area contributed by atoms with E-state index >= 15 is 0 Å². The molecule has 0 unspecified atom stereocenters. The van der Waals surface area contributed by atoms with Gasteiger partial charge in [-0.25, -0.2) is 23.4 Å². The van der Waals surface area contributed by atoms with Gasteiger partial charge in [-0.3, -0.25) is 0 Å². The number of H-pyrrole nitrogens is 1. The molecule has 0 spiro atoms. The SMILES string of the molecule is BC(B)(B)Nc1cnc2[nH]ccc2c1-c1nc2c(c(C(C)(C)S(C)(=O)=O)n1)OC[C@@H]1COC[C@@H](C)N21. The monoisotopic (exact) mass is 508 g/mol. The third-order valence-corrected chi connectivity index (χ3v) is 8.91. The number of morpholine rings is 1. The lowest BCUT2D eigenvalue weighted by Crippen LogP contribution is -2.56. The maximum Gasteiger partial charge on any atom is 0.185 e. The molecule has 5 heterocycles. The van der Waals surface area contributed by atoms with Crippen LogP contribution in [0.3, 0.4) is 0 Å². The van der Waals surface area contributed by atoms with Gasteiger partial charge in [0.2, 0.25) is 0 Å². The highest BCUT2D eigenvalue weighted by molar-refractivity contribution is 7.91. The predicted molar refractivity (Wildman–Crippen MR) is 149 cm³/mol. The Balaban J connectivity index is 1.84. The van der Waals surface area contributed by atoms with Crippen molar-refractivity contribution in [1.82, 2.24) is 19.9 Å². The molecule has 2 N–H and O–H groups in total. The minimum atomic E-state index is -3.55. The van der Waals surface area contributed by atoms with Crippen molar-refractivity contribution in [3.63, 3.8) is 0 Å². The molecule has 2 atom stereocenters. The fourth-order valence-electron chi connectivity index (χ4n) is 4.77. The Morgan fingerprint density at radius 2 is 1.94 bits per heavy atom. The molecule has 0 saturated carbocycles. The summed E-state index contributed by atoms with van der Waals surface area (Å²) in [6.45, 7) is 6.85. The summed E-state index contributed by atoms with van der Waals surface area (Å²) in [5.41, 5.74) is 2.57. The molecule has 3 aromatic heterocycles. The molecule has 2 aliphatic heterocycles. The highest BCUT2D eigenvalue weighted by atomic mass is 32.2. The summed E-state index contributed by atoms with van der Waals surface area (Å²) in [5.74, 6) is 1.44. The number of sulfone groups is 1. The van der Waals surface area contributed by atoms with Gasteiger partial charge in [0, 0.05) is 17.8 Å². The van der Waals surface area contributed by atoms with E-state index in [0.29, 0.717) is 48.6 Å². The maximum absolute atomic E-state index is 13.0.